The van der Waals surface area contributed by atoms with Crippen LogP contribution in [0.25, 0.3) is 0 Å². The number of carbonyl (C=O) groups excluding carboxylic acids is 1. The second kappa shape index (κ2) is 6.75. The van der Waals surface area contributed by atoms with E-state index >= 15 is 0 Å². The van der Waals surface area contributed by atoms with E-state index < -0.39 is 0 Å². The van der Waals surface area contributed by atoms with Crippen LogP contribution >= 0.6 is 0 Å². The van der Waals surface area contributed by atoms with Gasteiger partial charge in [-0.15, -0.1) is 6.58 Å². The van der Waals surface area contributed by atoms with Crippen molar-refractivity contribution >= 4 is 5.91 Å². The highest BCUT2D eigenvalue weighted by molar-refractivity contribution is 5.98. The molecule has 0 atom stereocenters. The standard InChI is InChI=1S/C18H19NO2/c1-3-8-15-11-7-12-16(20)17(15)18(21)19(2)13-14-9-5-4-6-10-14/h3-7,9-12,20H,1,8,13H2,2H3. The molecule has 0 spiro atoms. The van der Waals surface area contributed by atoms with Crippen molar-refractivity contribution < 1.29 is 9.90 Å². The lowest BCUT2D eigenvalue weighted by Gasteiger charge is -2.19. The predicted molar refractivity (Wildman–Crippen MR) is 84.2 cm³/mol. The second-order valence-corrected chi connectivity index (χ2v) is 4.95. The number of rotatable bonds is 5. The molecule has 0 aromatic heterocycles. The van der Waals surface area contributed by atoms with Crippen molar-refractivity contribution in [3.8, 4) is 5.75 Å². The fourth-order valence-electron chi connectivity index (χ4n) is 2.28. The topological polar surface area (TPSA) is 40.5 Å². The Morgan fingerprint density at radius 2 is 1.90 bits per heavy atom. The molecule has 2 aromatic carbocycles. The van der Waals surface area contributed by atoms with Crippen LogP contribution in [0.5, 0.6) is 5.75 Å². The van der Waals surface area contributed by atoms with Gasteiger partial charge in [0.05, 0.1) is 5.56 Å². The van der Waals surface area contributed by atoms with Gasteiger partial charge in [0.2, 0.25) is 0 Å². The van der Waals surface area contributed by atoms with Crippen molar-refractivity contribution in [2.75, 3.05) is 7.05 Å². The largest absolute Gasteiger partial charge is 0.507 e. The summed E-state index contributed by atoms with van der Waals surface area (Å²) in [7, 11) is 1.74. The summed E-state index contributed by atoms with van der Waals surface area (Å²) < 4.78 is 0. The van der Waals surface area contributed by atoms with Gasteiger partial charge < -0.3 is 10.0 Å². The van der Waals surface area contributed by atoms with E-state index in [4.69, 9.17) is 0 Å². The number of hydrogen-bond donors (Lipinski definition) is 1. The maximum atomic E-state index is 12.6. The third kappa shape index (κ3) is 3.51. The molecular weight excluding hydrogens is 262 g/mol. The fraction of sp³-hybridized carbons (Fsp3) is 0.167. The molecule has 0 bridgehead atoms. The average Bonchev–Trinajstić information content (AvgIpc) is 2.48. The summed E-state index contributed by atoms with van der Waals surface area (Å²) in [6.45, 7) is 4.19. The summed E-state index contributed by atoms with van der Waals surface area (Å²) in [6, 6.07) is 14.9. The summed E-state index contributed by atoms with van der Waals surface area (Å²) >= 11 is 0. The van der Waals surface area contributed by atoms with Gasteiger partial charge in [0.1, 0.15) is 5.75 Å². The highest BCUT2D eigenvalue weighted by Crippen LogP contribution is 2.24. The molecule has 0 aliphatic heterocycles. The Balaban J connectivity index is 2.25. The number of nitrogens with zero attached hydrogens (tertiary/aromatic N) is 1. The van der Waals surface area contributed by atoms with Crippen LogP contribution in [0.1, 0.15) is 21.5 Å². The first-order valence-corrected chi connectivity index (χ1v) is 6.84. The van der Waals surface area contributed by atoms with E-state index in [9.17, 15) is 9.90 Å². The number of allylic oxidation sites excluding steroid dienone is 1. The third-order valence-corrected chi connectivity index (χ3v) is 3.32. The molecule has 21 heavy (non-hydrogen) atoms. The van der Waals surface area contributed by atoms with Crippen LogP contribution in [0, 0.1) is 0 Å². The smallest absolute Gasteiger partial charge is 0.257 e. The van der Waals surface area contributed by atoms with Crippen molar-refractivity contribution in [3.05, 3.63) is 77.9 Å². The number of phenols is 1. The highest BCUT2D eigenvalue weighted by atomic mass is 16.3. The number of benzene rings is 2. The van der Waals surface area contributed by atoms with Crippen molar-refractivity contribution in [2.24, 2.45) is 0 Å². The van der Waals surface area contributed by atoms with E-state index in [1.54, 1.807) is 24.1 Å². The predicted octanol–water partition coefficient (Wildman–Crippen LogP) is 3.39. The zero-order valence-corrected chi connectivity index (χ0v) is 12.1. The van der Waals surface area contributed by atoms with Gasteiger partial charge in [0.15, 0.2) is 0 Å². The molecule has 0 saturated carbocycles. The molecule has 2 aromatic rings. The molecule has 108 valence electrons. The Bertz CT molecular complexity index is 635. The molecule has 0 aliphatic rings. The number of aromatic hydroxyl groups is 1. The van der Waals surface area contributed by atoms with E-state index in [2.05, 4.69) is 6.58 Å². The molecule has 1 amide bonds. The van der Waals surface area contributed by atoms with E-state index in [0.29, 0.717) is 18.5 Å². The number of amides is 1. The maximum Gasteiger partial charge on any atom is 0.257 e. The molecular formula is C18H19NO2. The number of carbonyl (C=O) groups is 1. The number of phenolic OH excluding ortho intramolecular Hbond substituents is 1. The fourth-order valence-corrected chi connectivity index (χ4v) is 2.28. The van der Waals surface area contributed by atoms with Gasteiger partial charge in [-0.1, -0.05) is 48.5 Å². The minimum Gasteiger partial charge on any atom is -0.507 e. The molecule has 1 N–H and O–H groups in total. The first-order valence-electron chi connectivity index (χ1n) is 6.84. The highest BCUT2D eigenvalue weighted by Gasteiger charge is 2.19. The first-order chi connectivity index (χ1) is 10.1. The minimum absolute atomic E-state index is 0.0132. The normalized spacial score (nSPS) is 10.1. The molecule has 0 saturated heterocycles. The molecule has 0 radical (unpaired) electrons. The van der Waals surface area contributed by atoms with Gasteiger partial charge in [-0.25, -0.2) is 0 Å². The maximum absolute atomic E-state index is 12.6. The van der Waals surface area contributed by atoms with E-state index in [1.165, 1.54) is 6.07 Å². The van der Waals surface area contributed by atoms with Crippen LogP contribution in [0.2, 0.25) is 0 Å². The van der Waals surface area contributed by atoms with Crippen LogP contribution in [0.3, 0.4) is 0 Å². The van der Waals surface area contributed by atoms with Crippen LogP contribution in [-0.2, 0) is 13.0 Å². The van der Waals surface area contributed by atoms with Gasteiger partial charge in [-0.2, -0.15) is 0 Å². The van der Waals surface area contributed by atoms with Crippen molar-refractivity contribution in [2.45, 2.75) is 13.0 Å². The van der Waals surface area contributed by atoms with Crippen LogP contribution < -0.4 is 0 Å². The van der Waals surface area contributed by atoms with Gasteiger partial charge in [-0.3, -0.25) is 4.79 Å². The van der Waals surface area contributed by atoms with Crippen molar-refractivity contribution in [3.63, 3.8) is 0 Å². The zero-order valence-electron chi connectivity index (χ0n) is 12.1. The lowest BCUT2D eigenvalue weighted by atomic mass is 10.0. The molecule has 0 heterocycles. The molecule has 0 aliphatic carbocycles. The summed E-state index contributed by atoms with van der Waals surface area (Å²) in [4.78, 5) is 14.2. The minimum atomic E-state index is -0.186. The summed E-state index contributed by atoms with van der Waals surface area (Å²) in [5.41, 5.74) is 2.19. The van der Waals surface area contributed by atoms with Crippen LogP contribution in [0.4, 0.5) is 0 Å². The zero-order chi connectivity index (χ0) is 15.2. The van der Waals surface area contributed by atoms with Crippen molar-refractivity contribution in [1.29, 1.82) is 0 Å². The van der Waals surface area contributed by atoms with Crippen LogP contribution in [-0.4, -0.2) is 23.0 Å². The van der Waals surface area contributed by atoms with Crippen molar-refractivity contribution in [1.82, 2.24) is 4.90 Å². The average molecular weight is 281 g/mol. The third-order valence-electron chi connectivity index (χ3n) is 3.32. The van der Waals surface area contributed by atoms with E-state index in [1.807, 2.05) is 36.4 Å². The Labute approximate surface area is 125 Å². The molecule has 0 unspecified atom stereocenters. The monoisotopic (exact) mass is 281 g/mol. The second-order valence-electron chi connectivity index (χ2n) is 4.95. The number of hydrogen-bond acceptors (Lipinski definition) is 2. The van der Waals surface area contributed by atoms with E-state index in [0.717, 1.165) is 11.1 Å². The molecule has 3 nitrogen and oxygen atoms in total. The van der Waals surface area contributed by atoms with Gasteiger partial charge in [-0.05, 0) is 23.6 Å². The van der Waals surface area contributed by atoms with Gasteiger partial charge >= 0.3 is 0 Å². The first kappa shape index (κ1) is 14.9. The Hall–Kier alpha value is -2.55. The Kier molecular flexibility index (Phi) is 4.77. The van der Waals surface area contributed by atoms with E-state index in [-0.39, 0.29) is 11.7 Å². The Morgan fingerprint density at radius 1 is 1.19 bits per heavy atom. The van der Waals surface area contributed by atoms with Crippen LogP contribution in [0.15, 0.2) is 61.2 Å². The van der Waals surface area contributed by atoms with Gasteiger partial charge in [0.25, 0.3) is 5.91 Å². The van der Waals surface area contributed by atoms with Gasteiger partial charge in [0, 0.05) is 13.6 Å². The summed E-state index contributed by atoms with van der Waals surface area (Å²) in [6.07, 6.45) is 2.28. The Morgan fingerprint density at radius 3 is 2.57 bits per heavy atom. The molecule has 0 fully saturated rings. The molecule has 2 rings (SSSR count). The SMILES string of the molecule is C=CCc1cccc(O)c1C(=O)N(C)Cc1ccccc1. The lowest BCUT2D eigenvalue weighted by molar-refractivity contribution is 0.0781. The molecule has 3 heteroatoms. The summed E-state index contributed by atoms with van der Waals surface area (Å²) in [5.74, 6) is -0.173. The summed E-state index contributed by atoms with van der Waals surface area (Å²) in [5, 5.41) is 10.0. The lowest BCUT2D eigenvalue weighted by Crippen LogP contribution is -2.27. The quantitative estimate of drug-likeness (QED) is 0.853.